The Bertz CT molecular complexity index is 1650. The van der Waals surface area contributed by atoms with Crippen molar-refractivity contribution in [2.75, 3.05) is 28.4 Å². The lowest BCUT2D eigenvalue weighted by Gasteiger charge is -2.16. The highest BCUT2D eigenvalue weighted by Gasteiger charge is 2.18. The number of methoxy groups -OCH3 is 4. The minimum absolute atomic E-state index is 0.0949. The molecule has 0 unspecified atom stereocenters. The summed E-state index contributed by atoms with van der Waals surface area (Å²) in [5, 5.41) is 17.0. The standard InChI is InChI=1S/C20H16F2O2.C8H8Br2O2.C6H6BFO2/c1-23-19-11-16(14-8-4-6-10-18(14)22)20(24-2)12-15(19)13-7-3-5-9-17(13)21;1-11-7-3-6(10)8(12-2)4-5(7)9;8-6-4-2-1-3-5(6)7(9)10/h3-12H,1-2H3;3-4H,1-2H3;1-4,9-10H. The molecule has 0 amide bonds. The summed E-state index contributed by atoms with van der Waals surface area (Å²) in [6.45, 7) is 0. The second-order valence-electron chi connectivity index (χ2n) is 9.23. The van der Waals surface area contributed by atoms with Gasteiger partial charge in [-0.25, -0.2) is 13.2 Å². The fourth-order valence-electron chi connectivity index (χ4n) is 4.19. The third kappa shape index (κ3) is 9.29. The van der Waals surface area contributed by atoms with Crippen molar-refractivity contribution in [3.05, 3.63) is 123 Å². The van der Waals surface area contributed by atoms with Gasteiger partial charge in [0.1, 0.15) is 40.4 Å². The van der Waals surface area contributed by atoms with Gasteiger partial charge in [-0.05, 0) is 74.3 Å². The maximum Gasteiger partial charge on any atom is 0.491 e. The van der Waals surface area contributed by atoms with Crippen LogP contribution in [0, 0.1) is 17.5 Å². The molecule has 0 radical (unpaired) electrons. The number of benzene rings is 5. The van der Waals surface area contributed by atoms with E-state index in [1.54, 1.807) is 62.8 Å². The molecule has 0 atom stereocenters. The van der Waals surface area contributed by atoms with Crippen molar-refractivity contribution in [2.45, 2.75) is 0 Å². The van der Waals surface area contributed by atoms with E-state index >= 15 is 0 Å². The van der Waals surface area contributed by atoms with Crippen molar-refractivity contribution in [1.29, 1.82) is 0 Å². The Morgan fingerprint density at radius 1 is 0.478 bits per heavy atom. The lowest BCUT2D eigenvalue weighted by atomic mass is 9.80. The molecule has 46 heavy (non-hydrogen) atoms. The van der Waals surface area contributed by atoms with Crippen LogP contribution in [0.25, 0.3) is 22.3 Å². The molecule has 0 bridgehead atoms. The summed E-state index contributed by atoms with van der Waals surface area (Å²) in [5.41, 5.74) is 1.79. The van der Waals surface area contributed by atoms with E-state index in [4.69, 9.17) is 29.0 Å². The molecule has 5 aromatic carbocycles. The molecule has 0 aromatic heterocycles. The third-order valence-corrected chi connectivity index (χ3v) is 7.70. The van der Waals surface area contributed by atoms with Gasteiger partial charge in [-0.15, -0.1) is 0 Å². The van der Waals surface area contributed by atoms with Crippen molar-refractivity contribution in [3.63, 3.8) is 0 Å². The molecule has 0 aliphatic rings. The van der Waals surface area contributed by atoms with E-state index in [1.807, 2.05) is 12.1 Å². The van der Waals surface area contributed by atoms with Crippen LogP contribution in [0.1, 0.15) is 0 Å². The van der Waals surface area contributed by atoms with Crippen LogP contribution < -0.4 is 24.4 Å². The molecule has 240 valence electrons. The SMILES string of the molecule is COc1cc(-c2ccccc2F)c(OC)cc1-c1ccccc1F.COc1cc(Br)c(OC)cc1Br.OB(O)c1ccccc1F. The molecule has 2 N–H and O–H groups in total. The van der Waals surface area contributed by atoms with E-state index < -0.39 is 12.9 Å². The minimum atomic E-state index is -1.72. The molecular weight excluding hydrogens is 732 g/mol. The van der Waals surface area contributed by atoms with Crippen LogP contribution in [-0.4, -0.2) is 45.6 Å². The van der Waals surface area contributed by atoms with Gasteiger partial charge in [0.05, 0.1) is 37.4 Å². The van der Waals surface area contributed by atoms with Crippen molar-refractivity contribution < 1.29 is 42.2 Å². The first-order chi connectivity index (χ1) is 22.1. The maximum atomic E-state index is 14.2. The van der Waals surface area contributed by atoms with Crippen LogP contribution in [0.4, 0.5) is 13.2 Å². The summed E-state index contributed by atoms with van der Waals surface area (Å²) in [5.74, 6) is 1.12. The van der Waals surface area contributed by atoms with Gasteiger partial charge in [0, 0.05) is 27.7 Å². The molecule has 0 saturated carbocycles. The van der Waals surface area contributed by atoms with Gasteiger partial charge in [0.2, 0.25) is 0 Å². The first kappa shape index (κ1) is 36.5. The lowest BCUT2D eigenvalue weighted by Crippen LogP contribution is -2.32. The molecule has 0 aliphatic carbocycles. The highest BCUT2D eigenvalue weighted by molar-refractivity contribution is 9.11. The Kier molecular flexibility index (Phi) is 14.0. The third-order valence-electron chi connectivity index (χ3n) is 6.46. The van der Waals surface area contributed by atoms with Gasteiger partial charge >= 0.3 is 7.12 Å². The van der Waals surface area contributed by atoms with Gasteiger partial charge in [-0.1, -0.05) is 54.6 Å². The number of ether oxygens (including phenoxy) is 4. The fourth-order valence-corrected chi connectivity index (χ4v) is 5.15. The Morgan fingerprint density at radius 3 is 1.13 bits per heavy atom. The zero-order valence-electron chi connectivity index (χ0n) is 25.2. The fraction of sp³-hybridized carbons (Fsp3) is 0.118. The Morgan fingerprint density at radius 2 is 0.826 bits per heavy atom. The smallest absolute Gasteiger partial charge is 0.491 e. The molecule has 0 saturated heterocycles. The van der Waals surface area contributed by atoms with E-state index in [9.17, 15) is 13.2 Å². The summed E-state index contributed by atoms with van der Waals surface area (Å²) in [6, 6.07) is 25.4. The Balaban J connectivity index is 0.000000218. The van der Waals surface area contributed by atoms with Crippen LogP contribution in [0.3, 0.4) is 0 Å². The first-order valence-corrected chi connectivity index (χ1v) is 15.1. The van der Waals surface area contributed by atoms with Gasteiger partial charge in [-0.3, -0.25) is 0 Å². The summed E-state index contributed by atoms with van der Waals surface area (Å²) in [7, 11) is 4.52. The van der Waals surface area contributed by atoms with Crippen LogP contribution in [-0.2, 0) is 0 Å². The summed E-state index contributed by atoms with van der Waals surface area (Å²) >= 11 is 6.71. The monoisotopic (exact) mass is 760 g/mol. The highest BCUT2D eigenvalue weighted by Crippen LogP contribution is 2.42. The van der Waals surface area contributed by atoms with Gasteiger partial charge in [-0.2, -0.15) is 0 Å². The maximum absolute atomic E-state index is 14.2. The van der Waals surface area contributed by atoms with Gasteiger partial charge < -0.3 is 29.0 Å². The second-order valence-corrected chi connectivity index (χ2v) is 10.9. The van der Waals surface area contributed by atoms with Crippen molar-refractivity contribution in [2.24, 2.45) is 0 Å². The van der Waals surface area contributed by atoms with Gasteiger partial charge in [0.25, 0.3) is 0 Å². The van der Waals surface area contributed by atoms with E-state index in [-0.39, 0.29) is 17.1 Å². The van der Waals surface area contributed by atoms with Crippen LogP contribution >= 0.6 is 31.9 Å². The molecule has 0 spiro atoms. The van der Waals surface area contributed by atoms with E-state index in [2.05, 4.69) is 31.9 Å². The predicted octanol–water partition coefficient (Wildman–Crippen LogP) is 8.05. The normalized spacial score (nSPS) is 10.1. The minimum Gasteiger partial charge on any atom is -0.496 e. The molecule has 5 rings (SSSR count). The zero-order valence-corrected chi connectivity index (χ0v) is 28.4. The number of hydrogen-bond acceptors (Lipinski definition) is 6. The molecule has 0 aliphatic heterocycles. The molecule has 6 nitrogen and oxygen atoms in total. The largest absolute Gasteiger partial charge is 0.496 e. The van der Waals surface area contributed by atoms with Crippen LogP contribution in [0.2, 0.25) is 0 Å². The van der Waals surface area contributed by atoms with Crippen LogP contribution in [0.15, 0.2) is 106 Å². The molecular formula is C34H30BBr2F3O6. The molecule has 0 fully saturated rings. The Labute approximate surface area is 282 Å². The molecule has 12 heteroatoms. The average Bonchev–Trinajstić information content (AvgIpc) is 3.06. The summed E-state index contributed by atoms with van der Waals surface area (Å²) in [6.07, 6.45) is 0. The molecule has 5 aromatic rings. The number of rotatable bonds is 7. The quantitative estimate of drug-likeness (QED) is 0.164. The Hall–Kier alpha value is -3.97. The van der Waals surface area contributed by atoms with E-state index in [1.165, 1.54) is 50.6 Å². The highest BCUT2D eigenvalue weighted by atomic mass is 79.9. The van der Waals surface area contributed by atoms with Crippen molar-refractivity contribution in [1.82, 2.24) is 0 Å². The van der Waals surface area contributed by atoms with Crippen molar-refractivity contribution >= 4 is 44.4 Å². The van der Waals surface area contributed by atoms with E-state index in [0.29, 0.717) is 33.8 Å². The van der Waals surface area contributed by atoms with Gasteiger partial charge in [0.15, 0.2) is 0 Å². The second kappa shape index (κ2) is 17.7. The van der Waals surface area contributed by atoms with Crippen LogP contribution in [0.5, 0.6) is 23.0 Å². The molecule has 0 heterocycles. The first-order valence-electron chi connectivity index (χ1n) is 13.5. The number of hydrogen-bond donors (Lipinski definition) is 2. The summed E-state index contributed by atoms with van der Waals surface area (Å²) < 4.78 is 63.6. The predicted molar refractivity (Wildman–Crippen MR) is 182 cm³/mol. The number of halogens is 5. The summed E-state index contributed by atoms with van der Waals surface area (Å²) in [4.78, 5) is 0. The van der Waals surface area contributed by atoms with Crippen molar-refractivity contribution in [3.8, 4) is 45.3 Å². The average molecular weight is 762 g/mol. The van der Waals surface area contributed by atoms with E-state index in [0.717, 1.165) is 20.4 Å². The topological polar surface area (TPSA) is 77.4 Å². The zero-order chi connectivity index (χ0) is 33.8. The lowest BCUT2D eigenvalue weighted by molar-refractivity contribution is 0.398.